The van der Waals surface area contributed by atoms with Crippen LogP contribution in [0.2, 0.25) is 0 Å². The number of hydrogen-bond donors (Lipinski definition) is 0. The lowest BCUT2D eigenvalue weighted by atomic mass is 9.97. The Morgan fingerprint density at radius 1 is 0.460 bits per heavy atom. The van der Waals surface area contributed by atoms with E-state index in [9.17, 15) is 8.22 Å². The molecule has 50 heavy (non-hydrogen) atoms. The van der Waals surface area contributed by atoms with Crippen LogP contribution in [0.25, 0.3) is 76.5 Å². The molecule has 0 aliphatic carbocycles. The van der Waals surface area contributed by atoms with Gasteiger partial charge in [0.25, 0.3) is 0 Å². The van der Waals surface area contributed by atoms with E-state index in [2.05, 4.69) is 0 Å². The van der Waals surface area contributed by atoms with E-state index >= 15 is 0 Å². The van der Waals surface area contributed by atoms with Crippen molar-refractivity contribution in [3.05, 3.63) is 188 Å². The van der Waals surface area contributed by atoms with Gasteiger partial charge in [-0.3, -0.25) is 0 Å². The summed E-state index contributed by atoms with van der Waals surface area (Å²) in [6.45, 7) is 0. The van der Waals surface area contributed by atoms with E-state index < -0.39 is 118 Å². The molecule has 9 aromatic carbocycles. The maximum atomic E-state index is 9.87. The number of rotatable bonds is 5. The standard InChI is InChI=1S/C48H31NO/c1-2-13-36-30-38(23-22-32(36)10-1)37-15-7-16-40(31-37)49(39-27-24-35(25-28-39)42-19-8-14-33-11-3-5-17-41(33)42)45-20-9-21-46-47(45)44-29-26-34-12-4-6-18-43(34)48(44)50-46/h1-31H/i3D,5D,7D,8D,11D,14D,15D,16D,17D,19D,24D,25D,27D,28D,31D. The lowest BCUT2D eigenvalue weighted by Gasteiger charge is -2.27. The first-order valence-corrected chi connectivity index (χ1v) is 15.9. The van der Waals surface area contributed by atoms with Crippen LogP contribution in [-0.4, -0.2) is 0 Å². The quantitative estimate of drug-likeness (QED) is 0.184. The highest BCUT2D eigenvalue weighted by Gasteiger charge is 2.21. The molecule has 1 heterocycles. The van der Waals surface area contributed by atoms with Gasteiger partial charge in [-0.05, 0) is 97.6 Å². The Morgan fingerprint density at radius 3 is 2.16 bits per heavy atom. The van der Waals surface area contributed by atoms with E-state index in [1.165, 1.54) is 4.90 Å². The zero-order valence-corrected chi connectivity index (χ0v) is 26.1. The molecule has 0 bridgehead atoms. The van der Waals surface area contributed by atoms with Gasteiger partial charge >= 0.3 is 0 Å². The second-order valence-electron chi connectivity index (χ2n) is 11.8. The zero-order chi connectivity index (χ0) is 46.1. The van der Waals surface area contributed by atoms with Crippen molar-refractivity contribution in [2.45, 2.75) is 0 Å². The van der Waals surface area contributed by atoms with Crippen molar-refractivity contribution in [1.29, 1.82) is 0 Å². The van der Waals surface area contributed by atoms with Crippen LogP contribution in [-0.2, 0) is 0 Å². The minimum atomic E-state index is -0.795. The lowest BCUT2D eigenvalue weighted by molar-refractivity contribution is 0.672. The summed E-state index contributed by atoms with van der Waals surface area (Å²) in [6, 6.07) is 18.8. The van der Waals surface area contributed by atoms with Gasteiger partial charge < -0.3 is 9.32 Å². The molecule has 0 saturated heterocycles. The summed E-state index contributed by atoms with van der Waals surface area (Å²) in [5.41, 5.74) is -0.615. The minimum absolute atomic E-state index is 0.0308. The van der Waals surface area contributed by atoms with Crippen LogP contribution in [0.15, 0.2) is 192 Å². The molecule has 10 aromatic rings. The van der Waals surface area contributed by atoms with Crippen LogP contribution in [0.4, 0.5) is 17.1 Å². The fraction of sp³-hybridized carbons (Fsp3) is 0. The summed E-state index contributed by atoms with van der Waals surface area (Å²) >= 11 is 0. The average molecular weight is 653 g/mol. The van der Waals surface area contributed by atoms with Gasteiger partial charge in [-0.1, -0.05) is 139 Å². The maximum absolute atomic E-state index is 9.87. The van der Waals surface area contributed by atoms with Gasteiger partial charge in [0.05, 0.1) is 31.6 Å². The topological polar surface area (TPSA) is 16.4 Å². The first kappa shape index (κ1) is 17.1. The molecule has 2 nitrogen and oxygen atoms in total. The molecule has 0 spiro atoms. The predicted octanol–water partition coefficient (Wildman–Crippen LogP) is 13.8. The Balaban J connectivity index is 1.35. The highest BCUT2D eigenvalue weighted by Crippen LogP contribution is 2.45. The first-order valence-electron chi connectivity index (χ1n) is 23.4. The number of hydrogen-bond acceptors (Lipinski definition) is 2. The van der Waals surface area contributed by atoms with Gasteiger partial charge in [-0.25, -0.2) is 0 Å². The van der Waals surface area contributed by atoms with E-state index in [0.717, 1.165) is 21.5 Å². The largest absolute Gasteiger partial charge is 0.455 e. The Bertz CT molecular complexity index is 3720. The lowest BCUT2D eigenvalue weighted by Crippen LogP contribution is -2.10. The molecule has 0 N–H and O–H groups in total. The van der Waals surface area contributed by atoms with Crippen molar-refractivity contribution >= 4 is 71.3 Å². The van der Waals surface area contributed by atoms with E-state index in [1.54, 1.807) is 30.3 Å². The van der Waals surface area contributed by atoms with Crippen LogP contribution in [0.5, 0.6) is 0 Å². The molecular weight excluding hydrogens is 607 g/mol. The molecule has 234 valence electrons. The van der Waals surface area contributed by atoms with E-state index in [4.69, 9.17) is 16.8 Å². The fourth-order valence-corrected chi connectivity index (χ4v) is 6.55. The minimum Gasteiger partial charge on any atom is -0.455 e. The maximum Gasteiger partial charge on any atom is 0.143 e. The third-order valence-corrected chi connectivity index (χ3v) is 8.88. The van der Waals surface area contributed by atoms with Gasteiger partial charge in [0.2, 0.25) is 0 Å². The Hall–Kier alpha value is -6.64. The summed E-state index contributed by atoms with van der Waals surface area (Å²) < 4.78 is 143. The number of nitrogens with zero attached hydrogens (tertiary/aromatic N) is 1. The number of benzene rings is 9. The molecule has 2 heteroatoms. The van der Waals surface area contributed by atoms with E-state index in [-0.39, 0.29) is 16.9 Å². The van der Waals surface area contributed by atoms with Crippen LogP contribution in [0, 0.1) is 0 Å². The average Bonchev–Trinajstić information content (AvgIpc) is 3.70. The van der Waals surface area contributed by atoms with Crippen molar-refractivity contribution in [2.24, 2.45) is 0 Å². The predicted molar refractivity (Wildman–Crippen MR) is 212 cm³/mol. The van der Waals surface area contributed by atoms with Crippen molar-refractivity contribution < 1.29 is 25.0 Å². The molecule has 10 rings (SSSR count). The normalized spacial score (nSPS) is 15.8. The molecule has 0 radical (unpaired) electrons. The van der Waals surface area contributed by atoms with E-state index in [0.29, 0.717) is 27.5 Å². The highest BCUT2D eigenvalue weighted by atomic mass is 16.3. The van der Waals surface area contributed by atoms with Crippen LogP contribution in [0.1, 0.15) is 20.6 Å². The molecule has 0 amide bonds. The monoisotopic (exact) mass is 652 g/mol. The Labute approximate surface area is 311 Å². The van der Waals surface area contributed by atoms with Crippen LogP contribution in [0.3, 0.4) is 0 Å². The second-order valence-corrected chi connectivity index (χ2v) is 11.8. The van der Waals surface area contributed by atoms with Crippen LogP contribution >= 0.6 is 0 Å². The molecule has 1 aromatic heterocycles. The Kier molecular flexibility index (Phi) is 3.95. The third-order valence-electron chi connectivity index (χ3n) is 8.88. The summed E-state index contributed by atoms with van der Waals surface area (Å²) in [7, 11) is 0. The molecule has 0 fully saturated rings. The van der Waals surface area contributed by atoms with Gasteiger partial charge in [0.15, 0.2) is 0 Å². The third kappa shape index (κ3) is 4.65. The summed E-state index contributed by atoms with van der Waals surface area (Å²) in [5, 5.41) is 3.41. The zero-order valence-electron chi connectivity index (χ0n) is 41.1. The molecule has 0 saturated carbocycles. The fourth-order valence-electron chi connectivity index (χ4n) is 6.55. The van der Waals surface area contributed by atoms with Crippen molar-refractivity contribution in [2.75, 3.05) is 4.90 Å². The molecule has 0 unspecified atom stereocenters. The van der Waals surface area contributed by atoms with Gasteiger partial charge in [0.1, 0.15) is 11.2 Å². The van der Waals surface area contributed by atoms with Crippen molar-refractivity contribution in [1.82, 2.24) is 0 Å². The SMILES string of the molecule is [2H]c1c([2H])c(-c2ccc3ccccc3c2)c([2H])c(N(c2c([2H])c([2H])c(-c3c([2H])c([2H])c([2H])c4c([2H])c([2H])c([2H])c([2H])c34)c([2H])c2[2H])c2cccc3oc4c5ccccc5ccc4c23)c1[2H]. The Morgan fingerprint density at radius 2 is 1.24 bits per heavy atom. The summed E-state index contributed by atoms with van der Waals surface area (Å²) in [4.78, 5) is 1.21. The molecular formula is C48H31NO. The second kappa shape index (κ2) is 11.5. The number of fused-ring (bicyclic) bond motifs is 7. The van der Waals surface area contributed by atoms with Gasteiger partial charge in [-0.15, -0.1) is 0 Å². The molecule has 0 aliphatic heterocycles. The molecule has 0 atom stereocenters. The highest BCUT2D eigenvalue weighted by molar-refractivity contribution is 6.19. The van der Waals surface area contributed by atoms with Crippen molar-refractivity contribution in [3.63, 3.8) is 0 Å². The number of furan rings is 1. The molecule has 0 aliphatic rings. The van der Waals surface area contributed by atoms with Crippen molar-refractivity contribution in [3.8, 4) is 22.3 Å². The number of anilines is 3. The smallest absolute Gasteiger partial charge is 0.143 e. The van der Waals surface area contributed by atoms with Crippen LogP contribution < -0.4 is 4.90 Å². The van der Waals surface area contributed by atoms with Gasteiger partial charge in [-0.2, -0.15) is 0 Å². The van der Waals surface area contributed by atoms with Gasteiger partial charge in [0, 0.05) is 22.1 Å². The first-order chi connectivity index (χ1) is 31.0. The summed E-state index contributed by atoms with van der Waals surface area (Å²) in [5.74, 6) is 0. The van der Waals surface area contributed by atoms with E-state index in [1.807, 2.05) is 66.7 Å². The summed E-state index contributed by atoms with van der Waals surface area (Å²) in [6.07, 6.45) is 0.